The summed E-state index contributed by atoms with van der Waals surface area (Å²) in [5.74, 6) is 0. The molecular formula is C9H4N2O2. The van der Waals surface area contributed by atoms with E-state index in [9.17, 15) is 9.59 Å². The van der Waals surface area contributed by atoms with E-state index in [-0.39, 0.29) is 0 Å². The molecule has 0 amide bonds. The van der Waals surface area contributed by atoms with Gasteiger partial charge in [-0.05, 0) is 0 Å². The second-order valence-electron chi connectivity index (χ2n) is 2.62. The van der Waals surface area contributed by atoms with Crippen LogP contribution in [0.5, 0.6) is 0 Å². The lowest BCUT2D eigenvalue weighted by Crippen LogP contribution is -1.98. The van der Waals surface area contributed by atoms with E-state index < -0.39 is 5.66 Å². The van der Waals surface area contributed by atoms with Crippen molar-refractivity contribution in [2.75, 3.05) is 0 Å². The number of nitrogens with zero attached hydrogens (tertiary/aromatic N) is 2. The third kappa shape index (κ3) is 0.873. The summed E-state index contributed by atoms with van der Waals surface area (Å²) in [6.07, 6.45) is 2.81. The number of benzene rings is 1. The van der Waals surface area contributed by atoms with Gasteiger partial charge in [-0.15, -0.1) is 0 Å². The molecule has 1 aromatic rings. The third-order valence-corrected chi connectivity index (χ3v) is 2.03. The van der Waals surface area contributed by atoms with Gasteiger partial charge in [0, 0.05) is 11.1 Å². The zero-order valence-corrected chi connectivity index (χ0v) is 6.52. The lowest BCUT2D eigenvalue weighted by Gasteiger charge is -1.94. The number of hydrogen-bond acceptors (Lipinski definition) is 4. The topological polar surface area (TPSA) is 58.9 Å². The Morgan fingerprint density at radius 1 is 1.00 bits per heavy atom. The molecule has 2 rings (SSSR count). The molecule has 0 saturated carbocycles. The van der Waals surface area contributed by atoms with Gasteiger partial charge in [0.25, 0.3) is 0 Å². The number of isocyanates is 2. The van der Waals surface area contributed by atoms with Crippen molar-refractivity contribution >= 4 is 12.2 Å². The SMILES string of the molecule is O=C=NC1(N=C=O)c2ccccc21. The lowest BCUT2D eigenvalue weighted by molar-refractivity contribution is 0.545. The maximum absolute atomic E-state index is 10.1. The standard InChI is InChI=1S/C9H4N2O2/c12-5-10-9(11-6-13)7-3-1-2-4-8(7)9/h1-4H. The molecule has 0 fully saturated rings. The van der Waals surface area contributed by atoms with Gasteiger partial charge in [0.15, 0.2) is 0 Å². The van der Waals surface area contributed by atoms with Crippen LogP contribution in [0.25, 0.3) is 0 Å². The summed E-state index contributed by atoms with van der Waals surface area (Å²) < 4.78 is 0. The van der Waals surface area contributed by atoms with Crippen molar-refractivity contribution in [1.29, 1.82) is 0 Å². The second kappa shape index (κ2) is 2.49. The lowest BCUT2D eigenvalue weighted by atomic mass is 10.4. The first-order valence-electron chi connectivity index (χ1n) is 3.63. The highest BCUT2D eigenvalue weighted by molar-refractivity contribution is 5.63. The molecular weight excluding hydrogens is 168 g/mol. The number of rotatable bonds is 2. The van der Waals surface area contributed by atoms with Gasteiger partial charge >= 0.3 is 0 Å². The van der Waals surface area contributed by atoms with Gasteiger partial charge < -0.3 is 0 Å². The zero-order valence-electron chi connectivity index (χ0n) is 6.52. The Balaban J connectivity index is 2.56. The molecule has 0 atom stereocenters. The highest BCUT2D eigenvalue weighted by Crippen LogP contribution is 2.51. The number of hydrogen-bond donors (Lipinski definition) is 0. The van der Waals surface area contributed by atoms with Crippen molar-refractivity contribution in [3.63, 3.8) is 0 Å². The van der Waals surface area contributed by atoms with Gasteiger partial charge in [0.05, 0.1) is 0 Å². The molecule has 0 bridgehead atoms. The molecule has 4 nitrogen and oxygen atoms in total. The Labute approximate surface area is 73.6 Å². The van der Waals surface area contributed by atoms with Gasteiger partial charge in [-0.3, -0.25) is 0 Å². The Kier molecular flexibility index (Phi) is 1.46. The Morgan fingerprint density at radius 3 is 1.85 bits per heavy atom. The van der Waals surface area contributed by atoms with Crippen LogP contribution >= 0.6 is 0 Å². The van der Waals surface area contributed by atoms with Crippen molar-refractivity contribution in [3.8, 4) is 0 Å². The number of fused-ring (bicyclic) bond motifs is 1. The Morgan fingerprint density at radius 2 is 1.46 bits per heavy atom. The van der Waals surface area contributed by atoms with Gasteiger partial charge in [-0.1, -0.05) is 24.3 Å². The van der Waals surface area contributed by atoms with Crippen LogP contribution < -0.4 is 0 Å². The van der Waals surface area contributed by atoms with E-state index >= 15 is 0 Å². The minimum Gasteiger partial charge on any atom is -0.211 e. The zero-order chi connectivity index (χ0) is 9.31. The van der Waals surface area contributed by atoms with Crippen LogP contribution in [0, 0.1) is 0 Å². The van der Waals surface area contributed by atoms with Crippen LogP contribution in [0.4, 0.5) is 0 Å². The molecule has 62 valence electrons. The van der Waals surface area contributed by atoms with Crippen molar-refractivity contribution in [1.82, 2.24) is 0 Å². The molecule has 1 aliphatic carbocycles. The largest absolute Gasteiger partial charge is 0.238 e. The molecule has 4 heteroatoms. The van der Waals surface area contributed by atoms with Crippen LogP contribution in [0.2, 0.25) is 0 Å². The van der Waals surface area contributed by atoms with Crippen LogP contribution in [0.1, 0.15) is 11.1 Å². The van der Waals surface area contributed by atoms with E-state index in [2.05, 4.69) is 9.98 Å². The predicted octanol–water partition coefficient (Wildman–Crippen LogP) is 0.873. The van der Waals surface area contributed by atoms with Gasteiger partial charge in [0.1, 0.15) is 0 Å². The van der Waals surface area contributed by atoms with E-state index in [0.29, 0.717) is 0 Å². The molecule has 13 heavy (non-hydrogen) atoms. The summed E-state index contributed by atoms with van der Waals surface area (Å²) in [6.45, 7) is 0. The molecule has 1 aromatic carbocycles. The molecule has 0 unspecified atom stereocenters. The highest BCUT2D eigenvalue weighted by Gasteiger charge is 2.51. The predicted molar refractivity (Wildman–Crippen MR) is 43.5 cm³/mol. The summed E-state index contributed by atoms with van der Waals surface area (Å²) >= 11 is 0. The van der Waals surface area contributed by atoms with Gasteiger partial charge in [-0.25, -0.2) is 9.59 Å². The maximum Gasteiger partial charge on any atom is 0.238 e. The molecule has 0 saturated heterocycles. The average Bonchev–Trinajstić information content (AvgIpc) is 2.77. The Hall–Kier alpha value is -2.02. The number of carbonyl (C=O) groups excluding carboxylic acids is 2. The fraction of sp³-hybridized carbons (Fsp3) is 0.111. The molecule has 0 aliphatic heterocycles. The summed E-state index contributed by atoms with van der Waals surface area (Å²) in [7, 11) is 0. The van der Waals surface area contributed by atoms with E-state index in [0.717, 1.165) is 11.1 Å². The fourth-order valence-corrected chi connectivity index (χ4v) is 1.41. The number of aliphatic imine (C=N–C) groups is 2. The van der Waals surface area contributed by atoms with Gasteiger partial charge in [0.2, 0.25) is 17.8 Å². The van der Waals surface area contributed by atoms with E-state index in [1.54, 1.807) is 24.3 Å². The van der Waals surface area contributed by atoms with Crippen LogP contribution in [-0.4, -0.2) is 12.2 Å². The highest BCUT2D eigenvalue weighted by atomic mass is 16.1. The summed E-state index contributed by atoms with van der Waals surface area (Å²) in [6, 6.07) is 7.11. The normalized spacial score (nSPS) is 14.8. The first kappa shape index (κ1) is 7.62. The van der Waals surface area contributed by atoms with Crippen LogP contribution in [-0.2, 0) is 15.3 Å². The maximum atomic E-state index is 10.1. The minimum absolute atomic E-state index is 0.765. The summed E-state index contributed by atoms with van der Waals surface area (Å²) in [5.41, 5.74) is 0.441. The minimum atomic E-state index is -1.09. The molecule has 0 heterocycles. The molecule has 0 N–H and O–H groups in total. The van der Waals surface area contributed by atoms with Crippen molar-refractivity contribution in [2.24, 2.45) is 9.98 Å². The molecule has 1 aliphatic rings. The fourth-order valence-electron chi connectivity index (χ4n) is 1.41. The van der Waals surface area contributed by atoms with Crippen molar-refractivity contribution in [2.45, 2.75) is 5.66 Å². The monoisotopic (exact) mass is 172 g/mol. The third-order valence-electron chi connectivity index (χ3n) is 2.03. The van der Waals surface area contributed by atoms with E-state index in [4.69, 9.17) is 0 Å². The van der Waals surface area contributed by atoms with Crippen LogP contribution in [0.15, 0.2) is 34.3 Å². The summed E-state index contributed by atoms with van der Waals surface area (Å²) in [4.78, 5) is 27.2. The average molecular weight is 172 g/mol. The Bertz CT molecular complexity index is 411. The van der Waals surface area contributed by atoms with Crippen molar-refractivity contribution < 1.29 is 9.59 Å². The van der Waals surface area contributed by atoms with Crippen molar-refractivity contribution in [3.05, 3.63) is 35.4 Å². The first-order valence-corrected chi connectivity index (χ1v) is 3.63. The van der Waals surface area contributed by atoms with Crippen LogP contribution in [0.3, 0.4) is 0 Å². The smallest absolute Gasteiger partial charge is 0.211 e. The van der Waals surface area contributed by atoms with E-state index in [1.807, 2.05) is 0 Å². The summed E-state index contributed by atoms with van der Waals surface area (Å²) in [5, 5.41) is 0. The molecule has 0 aromatic heterocycles. The molecule has 0 radical (unpaired) electrons. The molecule has 0 spiro atoms. The second-order valence-corrected chi connectivity index (χ2v) is 2.62. The van der Waals surface area contributed by atoms with E-state index in [1.165, 1.54) is 12.2 Å². The first-order chi connectivity index (χ1) is 6.35. The van der Waals surface area contributed by atoms with Gasteiger partial charge in [-0.2, -0.15) is 9.98 Å². The quantitative estimate of drug-likeness (QED) is 0.491.